The van der Waals surface area contributed by atoms with Crippen molar-refractivity contribution >= 4 is 17.8 Å². The summed E-state index contributed by atoms with van der Waals surface area (Å²) in [7, 11) is 1.46. The summed E-state index contributed by atoms with van der Waals surface area (Å²) in [6.07, 6.45) is 5.84. The first kappa shape index (κ1) is 26.9. The first-order chi connectivity index (χ1) is 17.0. The molecule has 7 heteroatoms. The van der Waals surface area contributed by atoms with Gasteiger partial charge in [-0.1, -0.05) is 18.6 Å². The number of rotatable bonds is 9. The van der Waals surface area contributed by atoms with E-state index in [0.717, 1.165) is 5.57 Å². The molecule has 3 rings (SSSR count). The van der Waals surface area contributed by atoms with Crippen molar-refractivity contribution in [2.45, 2.75) is 60.2 Å². The second kappa shape index (κ2) is 10.9. The molecule has 36 heavy (non-hydrogen) atoms. The summed E-state index contributed by atoms with van der Waals surface area (Å²) >= 11 is 0. The third kappa shape index (κ3) is 5.73. The van der Waals surface area contributed by atoms with Crippen molar-refractivity contribution in [2.75, 3.05) is 13.7 Å². The lowest BCUT2D eigenvalue weighted by molar-refractivity contribution is -0.144. The average Bonchev–Trinajstić information content (AvgIpc) is 2.82. The number of carbonyl (C=O) groups excluding carboxylic acids is 2. The van der Waals surface area contributed by atoms with Gasteiger partial charge in [-0.2, -0.15) is 0 Å². The normalized spacial score (nSPS) is 13.3. The second-order valence-electron chi connectivity index (χ2n) is 9.43. The van der Waals surface area contributed by atoms with Crippen molar-refractivity contribution in [3.63, 3.8) is 0 Å². The fourth-order valence-corrected chi connectivity index (χ4v) is 3.89. The monoisotopic (exact) mass is 494 g/mol. The van der Waals surface area contributed by atoms with Crippen LogP contribution in [0.15, 0.2) is 35.9 Å². The third-order valence-corrected chi connectivity index (χ3v) is 5.78. The van der Waals surface area contributed by atoms with Gasteiger partial charge < -0.3 is 24.1 Å². The van der Waals surface area contributed by atoms with Gasteiger partial charge in [0.05, 0.1) is 12.7 Å². The molecule has 0 bridgehead atoms. The average molecular weight is 495 g/mol. The fraction of sp³-hybridized carbons (Fsp3) is 0.379. The van der Waals surface area contributed by atoms with Crippen molar-refractivity contribution in [3.05, 3.63) is 63.7 Å². The number of methoxy groups -OCH3 is 1. The fourth-order valence-electron chi connectivity index (χ4n) is 3.89. The van der Waals surface area contributed by atoms with E-state index in [9.17, 15) is 14.7 Å². The Hall–Kier alpha value is -3.74. The predicted molar refractivity (Wildman–Crippen MR) is 138 cm³/mol. The van der Waals surface area contributed by atoms with Gasteiger partial charge in [-0.25, -0.2) is 0 Å². The minimum atomic E-state index is -0.675. The van der Waals surface area contributed by atoms with Gasteiger partial charge in [0.2, 0.25) is 5.78 Å². The lowest BCUT2D eigenvalue weighted by Gasteiger charge is -2.29. The van der Waals surface area contributed by atoms with Gasteiger partial charge in [-0.3, -0.25) is 9.59 Å². The van der Waals surface area contributed by atoms with E-state index >= 15 is 0 Å². The number of aryl methyl sites for hydroxylation is 1. The number of allylic oxidation sites excluding steroid dienone is 1. The number of benzene rings is 2. The summed E-state index contributed by atoms with van der Waals surface area (Å²) in [5.74, 6) is -0.195. The van der Waals surface area contributed by atoms with Crippen molar-refractivity contribution in [3.8, 4) is 23.0 Å². The van der Waals surface area contributed by atoms with Crippen LogP contribution in [-0.4, -0.2) is 36.2 Å². The zero-order valence-electron chi connectivity index (χ0n) is 22.0. The molecule has 0 saturated heterocycles. The zero-order chi connectivity index (χ0) is 26.6. The van der Waals surface area contributed by atoms with Crippen LogP contribution in [0, 0.1) is 6.92 Å². The van der Waals surface area contributed by atoms with Crippen LogP contribution >= 0.6 is 0 Å². The standard InChI is InChI=1S/C29H34O7/c1-8-23(31)35-16-20-24(22(33-7)15-18(4)27(20)34-14-12-17(2)3)26(32)25-21(30)10-9-19-11-13-29(5,6)36-28(19)25/h9-13,15,30H,8,14,16H2,1-7H3. The number of ketones is 1. The lowest BCUT2D eigenvalue weighted by Crippen LogP contribution is -2.29. The SMILES string of the molecule is CCC(=O)OCc1c(OCC=C(C)C)c(C)cc(OC)c1C(=O)c1c(O)ccc2c1OC(C)(C)C=C2. The van der Waals surface area contributed by atoms with Crippen molar-refractivity contribution < 1.29 is 33.6 Å². The number of ether oxygens (including phenoxy) is 4. The number of hydrogen-bond donors (Lipinski definition) is 1. The van der Waals surface area contributed by atoms with Crippen LogP contribution in [0.1, 0.15) is 73.7 Å². The third-order valence-electron chi connectivity index (χ3n) is 5.78. The summed E-state index contributed by atoms with van der Waals surface area (Å²) < 4.78 is 23.2. The number of phenolic OH excluding ortho intramolecular Hbond substituents is 1. The number of aromatic hydroxyl groups is 1. The molecule has 0 atom stereocenters. The molecule has 0 fully saturated rings. The molecule has 0 aliphatic carbocycles. The quantitative estimate of drug-likeness (QED) is 0.263. The largest absolute Gasteiger partial charge is 0.507 e. The van der Waals surface area contributed by atoms with Crippen LogP contribution in [0.25, 0.3) is 6.08 Å². The Labute approximate surface area is 212 Å². The highest BCUT2D eigenvalue weighted by atomic mass is 16.5. The minimum Gasteiger partial charge on any atom is -0.507 e. The van der Waals surface area contributed by atoms with Gasteiger partial charge in [0.1, 0.15) is 47.4 Å². The first-order valence-corrected chi connectivity index (χ1v) is 11.9. The van der Waals surface area contributed by atoms with Crippen molar-refractivity contribution in [2.24, 2.45) is 0 Å². The summed E-state index contributed by atoms with van der Waals surface area (Å²) in [5, 5.41) is 10.8. The van der Waals surface area contributed by atoms with E-state index in [0.29, 0.717) is 22.4 Å². The number of hydrogen-bond acceptors (Lipinski definition) is 7. The summed E-state index contributed by atoms with van der Waals surface area (Å²) in [6.45, 7) is 11.2. The van der Waals surface area contributed by atoms with Crippen LogP contribution < -0.4 is 14.2 Å². The summed E-state index contributed by atoms with van der Waals surface area (Å²) in [5.41, 5.74) is 2.29. The second-order valence-corrected chi connectivity index (χ2v) is 9.43. The molecule has 0 saturated carbocycles. The molecule has 0 aromatic heterocycles. The maximum Gasteiger partial charge on any atom is 0.305 e. The van der Waals surface area contributed by atoms with E-state index < -0.39 is 17.4 Å². The highest BCUT2D eigenvalue weighted by Gasteiger charge is 2.33. The van der Waals surface area contributed by atoms with E-state index in [-0.39, 0.29) is 48.0 Å². The molecule has 2 aromatic rings. The Morgan fingerprint density at radius 2 is 1.89 bits per heavy atom. The minimum absolute atomic E-state index is 0.00499. The molecule has 0 unspecified atom stereocenters. The molecule has 1 aliphatic heterocycles. The van der Waals surface area contributed by atoms with E-state index in [1.54, 1.807) is 19.1 Å². The van der Waals surface area contributed by atoms with Gasteiger partial charge in [-0.05, 0) is 70.5 Å². The van der Waals surface area contributed by atoms with Crippen LogP contribution in [0.4, 0.5) is 0 Å². The molecular formula is C29H34O7. The van der Waals surface area contributed by atoms with Crippen LogP contribution in [-0.2, 0) is 16.1 Å². The molecule has 0 radical (unpaired) electrons. The zero-order valence-corrected chi connectivity index (χ0v) is 22.0. The highest BCUT2D eigenvalue weighted by molar-refractivity contribution is 6.16. The smallest absolute Gasteiger partial charge is 0.305 e. The Morgan fingerprint density at radius 1 is 1.17 bits per heavy atom. The molecule has 2 aromatic carbocycles. The maximum absolute atomic E-state index is 14.2. The van der Waals surface area contributed by atoms with Gasteiger partial charge in [0.15, 0.2) is 0 Å². The molecular weight excluding hydrogens is 460 g/mol. The number of esters is 1. The Bertz CT molecular complexity index is 1230. The Balaban J connectivity index is 2.25. The Morgan fingerprint density at radius 3 is 2.53 bits per heavy atom. The molecule has 1 heterocycles. The maximum atomic E-state index is 14.2. The van der Waals surface area contributed by atoms with E-state index in [2.05, 4.69) is 0 Å². The lowest BCUT2D eigenvalue weighted by atomic mass is 9.91. The van der Waals surface area contributed by atoms with Gasteiger partial charge in [0.25, 0.3) is 0 Å². The Kier molecular flexibility index (Phi) is 8.13. The van der Waals surface area contributed by atoms with Crippen molar-refractivity contribution in [1.29, 1.82) is 0 Å². The number of phenols is 1. The van der Waals surface area contributed by atoms with E-state index in [4.69, 9.17) is 18.9 Å². The molecule has 192 valence electrons. The van der Waals surface area contributed by atoms with Crippen LogP contribution in [0.2, 0.25) is 0 Å². The molecule has 1 aliphatic rings. The van der Waals surface area contributed by atoms with E-state index in [1.165, 1.54) is 13.2 Å². The van der Waals surface area contributed by atoms with Gasteiger partial charge in [-0.15, -0.1) is 0 Å². The summed E-state index contributed by atoms with van der Waals surface area (Å²) in [4.78, 5) is 26.2. The molecule has 1 N–H and O–H groups in total. The predicted octanol–water partition coefficient (Wildman–Crippen LogP) is 5.92. The highest BCUT2D eigenvalue weighted by Crippen LogP contribution is 2.43. The topological polar surface area (TPSA) is 91.3 Å². The number of fused-ring (bicyclic) bond motifs is 1. The van der Waals surface area contributed by atoms with Crippen molar-refractivity contribution in [1.82, 2.24) is 0 Å². The van der Waals surface area contributed by atoms with Gasteiger partial charge in [0, 0.05) is 17.5 Å². The summed E-state index contributed by atoms with van der Waals surface area (Å²) in [6, 6.07) is 4.85. The molecule has 0 amide bonds. The molecule has 7 nitrogen and oxygen atoms in total. The molecule has 0 spiro atoms. The first-order valence-electron chi connectivity index (χ1n) is 11.9. The van der Waals surface area contributed by atoms with Crippen LogP contribution in [0.5, 0.6) is 23.0 Å². The number of carbonyl (C=O) groups is 2. The van der Waals surface area contributed by atoms with Gasteiger partial charge >= 0.3 is 5.97 Å². The van der Waals surface area contributed by atoms with Crippen LogP contribution in [0.3, 0.4) is 0 Å². The van der Waals surface area contributed by atoms with E-state index in [1.807, 2.05) is 52.8 Å².